The maximum Gasteiger partial charge on any atom is 0.191 e. The third-order valence-electron chi connectivity index (χ3n) is 4.77. The molecule has 0 saturated carbocycles. The van der Waals surface area contributed by atoms with Crippen molar-refractivity contribution in [1.29, 1.82) is 0 Å². The lowest BCUT2D eigenvalue weighted by molar-refractivity contribution is 0.203. The van der Waals surface area contributed by atoms with Crippen molar-refractivity contribution >= 4 is 16.8 Å². The van der Waals surface area contributed by atoms with Gasteiger partial charge in [0.2, 0.25) is 0 Å². The molecular weight excluding hydrogens is 344 g/mol. The van der Waals surface area contributed by atoms with Crippen LogP contribution in [0.2, 0.25) is 0 Å². The summed E-state index contributed by atoms with van der Waals surface area (Å²) in [6, 6.07) is 10.5. The van der Waals surface area contributed by atoms with Gasteiger partial charge in [-0.2, -0.15) is 0 Å². The van der Waals surface area contributed by atoms with E-state index in [1.54, 1.807) is 7.05 Å². The molecule has 1 unspecified atom stereocenters. The van der Waals surface area contributed by atoms with Crippen molar-refractivity contribution in [3.63, 3.8) is 0 Å². The molecule has 1 heterocycles. The molecule has 1 aromatic rings. The summed E-state index contributed by atoms with van der Waals surface area (Å²) in [6.45, 7) is 6.47. The van der Waals surface area contributed by atoms with E-state index in [1.807, 2.05) is 30.3 Å². The van der Waals surface area contributed by atoms with Gasteiger partial charge >= 0.3 is 0 Å². The van der Waals surface area contributed by atoms with Crippen LogP contribution in [0.3, 0.4) is 0 Å². The van der Waals surface area contributed by atoms with Crippen molar-refractivity contribution < 1.29 is 4.21 Å². The first kappa shape index (κ1) is 20.9. The van der Waals surface area contributed by atoms with E-state index in [0.29, 0.717) is 24.1 Å². The summed E-state index contributed by atoms with van der Waals surface area (Å²) < 4.78 is 12.2. The van der Waals surface area contributed by atoms with Gasteiger partial charge in [-0.3, -0.25) is 9.20 Å². The van der Waals surface area contributed by atoms with Crippen LogP contribution in [-0.2, 0) is 16.6 Å². The molecule has 146 valence electrons. The second-order valence-electron chi connectivity index (χ2n) is 6.89. The molecule has 1 saturated heterocycles. The average Bonchev–Trinajstić information content (AvgIpc) is 2.67. The maximum atomic E-state index is 12.2. The van der Waals surface area contributed by atoms with Crippen LogP contribution in [0.5, 0.6) is 0 Å². The number of hydrogen-bond acceptors (Lipinski definition) is 3. The summed E-state index contributed by atoms with van der Waals surface area (Å²) in [5.74, 6) is 2.07. The molecule has 0 spiro atoms. The quantitative estimate of drug-likeness (QED) is 0.512. The molecular formula is C20H34N4OS. The first-order valence-corrected chi connectivity index (χ1v) is 11.3. The lowest BCUT2D eigenvalue weighted by atomic mass is 10.0. The molecule has 1 aromatic carbocycles. The minimum absolute atomic E-state index is 0.480. The highest BCUT2D eigenvalue weighted by atomic mass is 32.2. The Morgan fingerprint density at radius 3 is 2.65 bits per heavy atom. The summed E-state index contributed by atoms with van der Waals surface area (Å²) in [7, 11) is 0.942. The fraction of sp³-hybridized carbons (Fsp3) is 0.650. The fourth-order valence-corrected chi connectivity index (χ4v) is 4.22. The van der Waals surface area contributed by atoms with Crippen LogP contribution < -0.4 is 10.6 Å². The smallest absolute Gasteiger partial charge is 0.191 e. The topological polar surface area (TPSA) is 56.7 Å². The summed E-state index contributed by atoms with van der Waals surface area (Å²) >= 11 is 0. The standard InChI is InChI=1S/C20H34N4OS/c1-3-4-13-24-14-10-19(11-15-24)23-20(21-2)22-12-16-26(25)17-18-8-6-5-7-9-18/h5-9,19H,3-4,10-17H2,1-2H3,(H2,21,22,23). The largest absolute Gasteiger partial charge is 0.355 e. The Balaban J connectivity index is 1.63. The second kappa shape index (κ2) is 12.1. The number of rotatable bonds is 9. The Hall–Kier alpha value is -1.40. The number of nitrogens with one attached hydrogen (secondary N) is 2. The molecule has 26 heavy (non-hydrogen) atoms. The first-order valence-electron chi connectivity index (χ1n) is 9.79. The molecule has 1 atom stereocenters. The molecule has 0 aromatic heterocycles. The minimum Gasteiger partial charge on any atom is -0.355 e. The summed E-state index contributed by atoms with van der Waals surface area (Å²) in [5.41, 5.74) is 1.13. The van der Waals surface area contributed by atoms with E-state index in [-0.39, 0.29) is 0 Å². The Kier molecular flexibility index (Phi) is 9.71. The molecule has 2 N–H and O–H groups in total. The van der Waals surface area contributed by atoms with Gasteiger partial charge in [0, 0.05) is 55.0 Å². The zero-order valence-corrected chi connectivity index (χ0v) is 17.1. The molecule has 2 rings (SSSR count). The Morgan fingerprint density at radius 1 is 1.27 bits per heavy atom. The molecule has 0 bridgehead atoms. The predicted octanol–water partition coefficient (Wildman–Crippen LogP) is 2.36. The SMILES string of the molecule is CCCCN1CCC(NC(=NC)NCCS(=O)Cc2ccccc2)CC1. The normalized spacial score (nSPS) is 17.8. The molecule has 1 aliphatic heterocycles. The van der Waals surface area contributed by atoms with E-state index in [0.717, 1.165) is 37.5 Å². The monoisotopic (exact) mass is 378 g/mol. The van der Waals surface area contributed by atoms with Crippen molar-refractivity contribution in [2.45, 2.75) is 44.4 Å². The van der Waals surface area contributed by atoms with E-state index < -0.39 is 10.8 Å². The van der Waals surface area contributed by atoms with Crippen molar-refractivity contribution in [3.05, 3.63) is 35.9 Å². The maximum absolute atomic E-state index is 12.2. The second-order valence-corrected chi connectivity index (χ2v) is 8.46. The number of guanidine groups is 1. The van der Waals surface area contributed by atoms with E-state index in [4.69, 9.17) is 0 Å². The molecule has 0 aliphatic carbocycles. The van der Waals surface area contributed by atoms with E-state index in [9.17, 15) is 4.21 Å². The van der Waals surface area contributed by atoms with E-state index in [2.05, 4.69) is 27.4 Å². The zero-order valence-electron chi connectivity index (χ0n) is 16.2. The highest BCUT2D eigenvalue weighted by molar-refractivity contribution is 7.84. The fourth-order valence-electron chi connectivity index (χ4n) is 3.19. The van der Waals surface area contributed by atoms with Gasteiger partial charge in [0.15, 0.2) is 5.96 Å². The molecule has 1 fully saturated rings. The van der Waals surface area contributed by atoms with Crippen LogP contribution in [0, 0.1) is 0 Å². The summed E-state index contributed by atoms with van der Waals surface area (Å²) in [4.78, 5) is 6.87. The highest BCUT2D eigenvalue weighted by Crippen LogP contribution is 2.11. The molecule has 0 radical (unpaired) electrons. The van der Waals surface area contributed by atoms with Gasteiger partial charge in [-0.15, -0.1) is 0 Å². The Labute approximate surface area is 161 Å². The van der Waals surface area contributed by atoms with Gasteiger partial charge < -0.3 is 15.5 Å². The average molecular weight is 379 g/mol. The van der Waals surface area contributed by atoms with Gasteiger partial charge in [0.05, 0.1) is 0 Å². The van der Waals surface area contributed by atoms with E-state index >= 15 is 0 Å². The number of unbranched alkanes of at least 4 members (excludes halogenated alkanes) is 1. The third-order valence-corrected chi connectivity index (χ3v) is 6.09. The number of likely N-dealkylation sites (tertiary alicyclic amines) is 1. The number of benzene rings is 1. The van der Waals surface area contributed by atoms with Gasteiger partial charge in [-0.25, -0.2) is 0 Å². The summed E-state index contributed by atoms with van der Waals surface area (Å²) in [5, 5.41) is 6.83. The van der Waals surface area contributed by atoms with Crippen LogP contribution in [-0.4, -0.2) is 60.1 Å². The van der Waals surface area contributed by atoms with Crippen LogP contribution in [0.15, 0.2) is 35.3 Å². The molecule has 0 amide bonds. The number of piperidine rings is 1. The van der Waals surface area contributed by atoms with Crippen LogP contribution >= 0.6 is 0 Å². The lowest BCUT2D eigenvalue weighted by Crippen LogP contribution is -2.49. The van der Waals surface area contributed by atoms with Crippen molar-refractivity contribution in [2.24, 2.45) is 4.99 Å². The van der Waals surface area contributed by atoms with Crippen LogP contribution in [0.1, 0.15) is 38.2 Å². The molecule has 6 heteroatoms. The van der Waals surface area contributed by atoms with Crippen LogP contribution in [0.25, 0.3) is 0 Å². The van der Waals surface area contributed by atoms with Crippen molar-refractivity contribution in [3.8, 4) is 0 Å². The molecule has 5 nitrogen and oxygen atoms in total. The third kappa shape index (κ3) is 7.87. The number of nitrogens with zero attached hydrogens (tertiary/aromatic N) is 2. The lowest BCUT2D eigenvalue weighted by Gasteiger charge is -2.33. The van der Waals surface area contributed by atoms with Gasteiger partial charge in [0.1, 0.15) is 0 Å². The van der Waals surface area contributed by atoms with Crippen LogP contribution in [0.4, 0.5) is 0 Å². The Bertz CT molecular complexity index is 556. The Morgan fingerprint density at radius 2 is 2.00 bits per heavy atom. The van der Waals surface area contributed by atoms with Crippen molar-refractivity contribution in [2.75, 3.05) is 39.0 Å². The van der Waals surface area contributed by atoms with E-state index in [1.165, 1.54) is 19.4 Å². The minimum atomic E-state index is -0.856. The first-order chi connectivity index (χ1) is 12.7. The number of aliphatic imine (C=N–C) groups is 1. The number of hydrogen-bond donors (Lipinski definition) is 2. The van der Waals surface area contributed by atoms with Gasteiger partial charge in [-0.1, -0.05) is 43.7 Å². The highest BCUT2D eigenvalue weighted by Gasteiger charge is 2.19. The summed E-state index contributed by atoms with van der Waals surface area (Å²) in [6.07, 6.45) is 4.87. The van der Waals surface area contributed by atoms with Gasteiger partial charge in [-0.05, 0) is 31.4 Å². The predicted molar refractivity (Wildman–Crippen MR) is 112 cm³/mol. The van der Waals surface area contributed by atoms with Crippen molar-refractivity contribution in [1.82, 2.24) is 15.5 Å². The molecule has 1 aliphatic rings. The van der Waals surface area contributed by atoms with Gasteiger partial charge in [0.25, 0.3) is 0 Å². The zero-order chi connectivity index (χ0) is 18.6.